The molecule has 37 heavy (non-hydrogen) atoms. The van der Waals surface area contributed by atoms with E-state index in [1.165, 1.54) is 30.3 Å². The Morgan fingerprint density at radius 1 is 1.08 bits per heavy atom. The third kappa shape index (κ3) is 6.03. The fourth-order valence-electron chi connectivity index (χ4n) is 3.91. The summed E-state index contributed by atoms with van der Waals surface area (Å²) in [7, 11) is 0. The van der Waals surface area contributed by atoms with E-state index in [1.807, 2.05) is 32.0 Å². The van der Waals surface area contributed by atoms with Crippen LogP contribution in [0.2, 0.25) is 5.02 Å². The van der Waals surface area contributed by atoms with Crippen molar-refractivity contribution in [1.29, 1.82) is 5.26 Å². The third-order valence-corrected chi connectivity index (χ3v) is 6.05. The molecule has 0 saturated carbocycles. The number of rotatable bonds is 8. The van der Waals surface area contributed by atoms with Crippen LogP contribution in [0.5, 0.6) is 17.2 Å². The van der Waals surface area contributed by atoms with Gasteiger partial charge in [-0.05, 0) is 78.2 Å². The number of amides is 1. The molecular formula is C30H25ClN2O4. The summed E-state index contributed by atoms with van der Waals surface area (Å²) in [5.41, 5.74) is 3.00. The molecule has 4 aromatic rings. The molecule has 0 spiro atoms. The van der Waals surface area contributed by atoms with Crippen molar-refractivity contribution in [2.24, 2.45) is 0 Å². The van der Waals surface area contributed by atoms with Crippen molar-refractivity contribution in [3.63, 3.8) is 0 Å². The zero-order valence-corrected chi connectivity index (χ0v) is 21.2. The SMILES string of the molecule is CCOc1cc(/C=C(\C#N)C(=O)Nc2ccc(O)cc2)cc(Cl)c1OCc1c(C)ccc2ccccc12. The molecule has 186 valence electrons. The van der Waals surface area contributed by atoms with Crippen LogP contribution in [-0.4, -0.2) is 17.6 Å². The molecular weight excluding hydrogens is 488 g/mol. The molecule has 0 aliphatic rings. The number of hydrogen-bond acceptors (Lipinski definition) is 5. The summed E-state index contributed by atoms with van der Waals surface area (Å²) in [5, 5.41) is 24.2. The second-order valence-electron chi connectivity index (χ2n) is 8.30. The van der Waals surface area contributed by atoms with Gasteiger partial charge in [0.2, 0.25) is 0 Å². The van der Waals surface area contributed by atoms with Crippen molar-refractivity contribution in [1.82, 2.24) is 0 Å². The van der Waals surface area contributed by atoms with Gasteiger partial charge in [0.05, 0.1) is 11.6 Å². The van der Waals surface area contributed by atoms with E-state index in [0.29, 0.717) is 41.0 Å². The Morgan fingerprint density at radius 3 is 2.57 bits per heavy atom. The van der Waals surface area contributed by atoms with Crippen LogP contribution in [0.4, 0.5) is 5.69 Å². The Kier molecular flexibility index (Phi) is 7.97. The van der Waals surface area contributed by atoms with Crippen molar-refractivity contribution in [3.05, 3.63) is 100 Å². The first-order valence-corrected chi connectivity index (χ1v) is 12.1. The van der Waals surface area contributed by atoms with Crippen molar-refractivity contribution >= 4 is 40.0 Å². The van der Waals surface area contributed by atoms with Crippen molar-refractivity contribution in [2.75, 3.05) is 11.9 Å². The van der Waals surface area contributed by atoms with Gasteiger partial charge >= 0.3 is 0 Å². The van der Waals surface area contributed by atoms with E-state index in [4.69, 9.17) is 21.1 Å². The Bertz CT molecular complexity index is 1520. The fourth-order valence-corrected chi connectivity index (χ4v) is 4.19. The standard InChI is InChI=1S/C30H25ClN2O4/c1-3-36-28-16-20(14-22(17-32)30(35)33-23-10-12-24(34)13-11-23)15-27(31)29(28)37-18-26-19(2)8-9-21-6-4-5-7-25(21)26/h4-16,34H,3,18H2,1-2H3,(H,33,35)/b22-14+. The Hall–Kier alpha value is -4.47. The lowest BCUT2D eigenvalue weighted by atomic mass is 10.0. The van der Waals surface area contributed by atoms with Crippen LogP contribution in [0.3, 0.4) is 0 Å². The van der Waals surface area contributed by atoms with E-state index < -0.39 is 5.91 Å². The quantitative estimate of drug-likeness (QED) is 0.150. The number of nitrogens with zero attached hydrogens (tertiary/aromatic N) is 1. The zero-order chi connectivity index (χ0) is 26.4. The van der Waals surface area contributed by atoms with Gasteiger partial charge in [-0.2, -0.15) is 5.26 Å². The molecule has 0 bridgehead atoms. The van der Waals surface area contributed by atoms with Gasteiger partial charge in [0, 0.05) is 11.3 Å². The van der Waals surface area contributed by atoms with Crippen LogP contribution in [0.15, 0.2) is 78.4 Å². The summed E-state index contributed by atoms with van der Waals surface area (Å²) in [4.78, 5) is 12.6. The number of aryl methyl sites for hydroxylation is 1. The highest BCUT2D eigenvalue weighted by atomic mass is 35.5. The largest absolute Gasteiger partial charge is 0.508 e. The highest BCUT2D eigenvalue weighted by molar-refractivity contribution is 6.32. The molecule has 0 saturated heterocycles. The van der Waals surface area contributed by atoms with Crippen LogP contribution in [0.25, 0.3) is 16.8 Å². The van der Waals surface area contributed by atoms with E-state index in [-0.39, 0.29) is 11.3 Å². The lowest BCUT2D eigenvalue weighted by Gasteiger charge is -2.16. The number of hydrogen-bond donors (Lipinski definition) is 2. The predicted molar refractivity (Wildman–Crippen MR) is 146 cm³/mol. The molecule has 1 amide bonds. The first kappa shape index (κ1) is 25.6. The molecule has 4 aromatic carbocycles. The van der Waals surface area contributed by atoms with Crippen molar-refractivity contribution < 1.29 is 19.4 Å². The number of phenols is 1. The normalized spacial score (nSPS) is 11.1. The third-order valence-electron chi connectivity index (χ3n) is 5.77. The predicted octanol–water partition coefficient (Wildman–Crippen LogP) is 7.03. The topological polar surface area (TPSA) is 91.6 Å². The lowest BCUT2D eigenvalue weighted by Crippen LogP contribution is -2.13. The van der Waals surface area contributed by atoms with Gasteiger partial charge < -0.3 is 19.9 Å². The van der Waals surface area contributed by atoms with Gasteiger partial charge in [-0.25, -0.2) is 0 Å². The Balaban J connectivity index is 1.61. The summed E-state index contributed by atoms with van der Waals surface area (Å²) < 4.78 is 12.0. The number of carbonyl (C=O) groups excluding carboxylic acids is 1. The van der Waals surface area contributed by atoms with Gasteiger partial charge in [0.15, 0.2) is 11.5 Å². The maximum Gasteiger partial charge on any atom is 0.266 e. The van der Waals surface area contributed by atoms with Crippen molar-refractivity contribution in [2.45, 2.75) is 20.5 Å². The lowest BCUT2D eigenvalue weighted by molar-refractivity contribution is -0.112. The number of nitriles is 1. The molecule has 7 heteroatoms. The molecule has 6 nitrogen and oxygen atoms in total. The molecule has 0 radical (unpaired) electrons. The van der Waals surface area contributed by atoms with Gasteiger partial charge in [-0.15, -0.1) is 0 Å². The monoisotopic (exact) mass is 512 g/mol. The van der Waals surface area contributed by atoms with E-state index >= 15 is 0 Å². The number of anilines is 1. The van der Waals surface area contributed by atoms with Gasteiger partial charge in [-0.3, -0.25) is 4.79 Å². The number of halogens is 1. The number of fused-ring (bicyclic) bond motifs is 1. The number of ether oxygens (including phenoxy) is 2. The molecule has 0 unspecified atom stereocenters. The number of benzene rings is 4. The minimum Gasteiger partial charge on any atom is -0.508 e. The van der Waals surface area contributed by atoms with Crippen molar-refractivity contribution in [3.8, 4) is 23.3 Å². The number of nitrogens with one attached hydrogen (secondary N) is 1. The van der Waals surface area contributed by atoms with Gasteiger partial charge in [0.1, 0.15) is 24.0 Å². The molecule has 0 fully saturated rings. The maximum absolute atomic E-state index is 12.6. The summed E-state index contributed by atoms with van der Waals surface area (Å²) in [6.07, 6.45) is 1.43. The highest BCUT2D eigenvalue weighted by Crippen LogP contribution is 2.38. The van der Waals surface area contributed by atoms with Crippen LogP contribution in [-0.2, 0) is 11.4 Å². The minimum absolute atomic E-state index is 0.0741. The fraction of sp³-hybridized carbons (Fsp3) is 0.133. The number of aromatic hydroxyl groups is 1. The molecule has 0 aromatic heterocycles. The molecule has 4 rings (SSSR count). The second kappa shape index (κ2) is 11.5. The zero-order valence-electron chi connectivity index (χ0n) is 20.4. The first-order chi connectivity index (χ1) is 17.9. The Labute approximate surface area is 220 Å². The average Bonchev–Trinajstić information content (AvgIpc) is 2.89. The highest BCUT2D eigenvalue weighted by Gasteiger charge is 2.16. The smallest absolute Gasteiger partial charge is 0.266 e. The van der Waals surface area contributed by atoms with E-state index in [0.717, 1.165) is 21.9 Å². The first-order valence-electron chi connectivity index (χ1n) is 11.7. The van der Waals surface area contributed by atoms with Crippen LogP contribution >= 0.6 is 11.6 Å². The van der Waals surface area contributed by atoms with E-state index in [9.17, 15) is 15.2 Å². The molecule has 0 atom stereocenters. The molecule has 0 aliphatic heterocycles. The summed E-state index contributed by atoms with van der Waals surface area (Å²) in [6, 6.07) is 23.5. The number of phenolic OH excluding ortho intramolecular Hbond substituents is 1. The van der Waals surface area contributed by atoms with Crippen LogP contribution in [0.1, 0.15) is 23.6 Å². The average molecular weight is 513 g/mol. The van der Waals surface area contributed by atoms with Gasteiger partial charge in [0.25, 0.3) is 5.91 Å². The molecule has 0 heterocycles. The summed E-state index contributed by atoms with van der Waals surface area (Å²) in [6.45, 7) is 4.55. The maximum atomic E-state index is 12.6. The van der Waals surface area contributed by atoms with Gasteiger partial charge in [-0.1, -0.05) is 48.0 Å². The summed E-state index contributed by atoms with van der Waals surface area (Å²) in [5.74, 6) is 0.287. The molecule has 0 aliphatic carbocycles. The van der Waals surface area contributed by atoms with Crippen LogP contribution < -0.4 is 14.8 Å². The van der Waals surface area contributed by atoms with Crippen LogP contribution in [0, 0.1) is 18.3 Å². The second-order valence-corrected chi connectivity index (χ2v) is 8.71. The summed E-state index contributed by atoms with van der Waals surface area (Å²) >= 11 is 6.60. The minimum atomic E-state index is -0.589. The number of carbonyl (C=O) groups is 1. The van der Waals surface area contributed by atoms with E-state index in [1.54, 1.807) is 12.1 Å². The molecule has 2 N–H and O–H groups in total. The Morgan fingerprint density at radius 2 is 1.84 bits per heavy atom. The van der Waals surface area contributed by atoms with E-state index in [2.05, 4.69) is 29.6 Å².